The van der Waals surface area contributed by atoms with Crippen LogP contribution >= 0.6 is 23.8 Å². The first kappa shape index (κ1) is 14.7. The molecule has 0 spiro atoms. The highest BCUT2D eigenvalue weighted by atomic mass is 35.5. The molecule has 0 amide bonds. The molecule has 1 aromatic carbocycles. The number of nitrogens with one attached hydrogen (secondary N) is 3. The molecular weight excluding hydrogens is 294 g/mol. The Labute approximate surface area is 127 Å². The van der Waals surface area contributed by atoms with Crippen molar-refractivity contribution in [2.75, 3.05) is 0 Å². The number of nitrogens with zero attached hydrogens (tertiary/aromatic N) is 2. The van der Waals surface area contributed by atoms with Gasteiger partial charge in [0.05, 0.1) is 11.0 Å². The van der Waals surface area contributed by atoms with E-state index in [2.05, 4.69) is 25.8 Å². The van der Waals surface area contributed by atoms with Crippen molar-refractivity contribution in [3.8, 4) is 0 Å². The summed E-state index contributed by atoms with van der Waals surface area (Å²) in [5, 5.41) is 8.40. The van der Waals surface area contributed by atoms with Gasteiger partial charge in [0.2, 0.25) is 0 Å². The summed E-state index contributed by atoms with van der Waals surface area (Å²) in [6.45, 7) is 5.87. The lowest BCUT2D eigenvalue weighted by Crippen LogP contribution is -2.37. The van der Waals surface area contributed by atoms with Gasteiger partial charge in [-0.1, -0.05) is 11.6 Å². The summed E-state index contributed by atoms with van der Waals surface area (Å²) in [5.74, 6) is 0.683. The van der Waals surface area contributed by atoms with Gasteiger partial charge in [-0.15, -0.1) is 0 Å². The molecule has 1 heterocycles. The molecule has 5 nitrogen and oxygen atoms in total. The highest BCUT2D eigenvalue weighted by molar-refractivity contribution is 7.80. The second-order valence-corrected chi connectivity index (χ2v) is 5.53. The van der Waals surface area contributed by atoms with Crippen molar-refractivity contribution in [1.29, 1.82) is 0 Å². The first-order valence-electron chi connectivity index (χ1n) is 6.22. The smallest absolute Gasteiger partial charge is 0.187 e. The van der Waals surface area contributed by atoms with Crippen molar-refractivity contribution in [2.24, 2.45) is 5.10 Å². The number of H-pyrrole nitrogens is 1. The van der Waals surface area contributed by atoms with Crippen LogP contribution in [0.4, 0.5) is 0 Å². The van der Waals surface area contributed by atoms with Crippen LogP contribution in [0.2, 0.25) is 5.02 Å². The summed E-state index contributed by atoms with van der Waals surface area (Å²) in [5.41, 5.74) is 5.23. The molecule has 2 aromatic rings. The maximum Gasteiger partial charge on any atom is 0.187 e. The SMILES string of the molecule is C/C(=N\NC(=S)NC(C)C)c1nc2ccc(Cl)cc2[nH]1. The van der Waals surface area contributed by atoms with Crippen LogP contribution in [0.25, 0.3) is 11.0 Å². The Kier molecular flexibility index (Phi) is 4.57. The van der Waals surface area contributed by atoms with Gasteiger partial charge < -0.3 is 10.3 Å². The number of aromatic amines is 1. The minimum absolute atomic E-state index is 0.263. The normalized spacial score (nSPS) is 11.9. The fraction of sp³-hybridized carbons (Fsp3) is 0.308. The fourth-order valence-corrected chi connectivity index (χ4v) is 2.09. The first-order valence-corrected chi connectivity index (χ1v) is 7.01. The van der Waals surface area contributed by atoms with Crippen LogP contribution in [0, 0.1) is 0 Å². The molecule has 1 aromatic heterocycles. The fourth-order valence-electron chi connectivity index (χ4n) is 1.64. The van der Waals surface area contributed by atoms with Crippen LogP contribution in [-0.4, -0.2) is 26.8 Å². The monoisotopic (exact) mass is 309 g/mol. The average Bonchev–Trinajstić information content (AvgIpc) is 2.78. The van der Waals surface area contributed by atoms with Crippen molar-refractivity contribution in [1.82, 2.24) is 20.7 Å². The zero-order valence-electron chi connectivity index (χ0n) is 11.5. The summed E-state index contributed by atoms with van der Waals surface area (Å²) in [6, 6.07) is 5.77. The number of fused-ring (bicyclic) bond motifs is 1. The molecule has 0 aliphatic heterocycles. The number of benzene rings is 1. The lowest BCUT2D eigenvalue weighted by atomic mass is 10.3. The average molecular weight is 310 g/mol. The van der Waals surface area contributed by atoms with Gasteiger partial charge in [-0.3, -0.25) is 5.43 Å². The van der Waals surface area contributed by atoms with E-state index in [1.165, 1.54) is 0 Å². The zero-order chi connectivity index (χ0) is 14.7. The van der Waals surface area contributed by atoms with Gasteiger partial charge in [-0.05, 0) is 51.2 Å². The van der Waals surface area contributed by atoms with E-state index in [9.17, 15) is 0 Å². The summed E-state index contributed by atoms with van der Waals surface area (Å²) in [4.78, 5) is 7.61. The van der Waals surface area contributed by atoms with E-state index in [1.54, 1.807) is 6.07 Å². The third-order valence-electron chi connectivity index (χ3n) is 2.53. The Morgan fingerprint density at radius 3 is 2.90 bits per heavy atom. The second-order valence-electron chi connectivity index (χ2n) is 4.68. The number of hydrazone groups is 1. The number of hydrogen-bond acceptors (Lipinski definition) is 3. The van der Waals surface area contributed by atoms with Gasteiger partial charge in [0.1, 0.15) is 5.71 Å². The van der Waals surface area contributed by atoms with Crippen molar-refractivity contribution >= 4 is 45.7 Å². The van der Waals surface area contributed by atoms with E-state index in [4.69, 9.17) is 23.8 Å². The van der Waals surface area contributed by atoms with Crippen LogP contribution in [0.1, 0.15) is 26.6 Å². The zero-order valence-corrected chi connectivity index (χ0v) is 13.1. The topological polar surface area (TPSA) is 65.1 Å². The van der Waals surface area contributed by atoms with Crippen LogP contribution < -0.4 is 10.7 Å². The lowest BCUT2D eigenvalue weighted by Gasteiger charge is -2.09. The van der Waals surface area contributed by atoms with Crippen molar-refractivity contribution in [2.45, 2.75) is 26.8 Å². The van der Waals surface area contributed by atoms with E-state index in [0.29, 0.717) is 21.7 Å². The quantitative estimate of drug-likeness (QED) is 0.463. The molecular formula is C13H16ClN5S. The predicted molar refractivity (Wildman–Crippen MR) is 87.3 cm³/mol. The molecule has 0 fully saturated rings. The van der Waals surface area contributed by atoms with E-state index < -0.39 is 0 Å². The Morgan fingerprint density at radius 2 is 2.20 bits per heavy atom. The minimum Gasteiger partial charge on any atom is -0.359 e. The van der Waals surface area contributed by atoms with Gasteiger partial charge in [-0.2, -0.15) is 5.10 Å². The third-order valence-corrected chi connectivity index (χ3v) is 2.98. The van der Waals surface area contributed by atoms with Gasteiger partial charge in [0, 0.05) is 11.1 Å². The molecule has 0 saturated carbocycles. The third kappa shape index (κ3) is 3.68. The molecule has 3 N–H and O–H groups in total. The summed E-state index contributed by atoms with van der Waals surface area (Å²) >= 11 is 11.0. The second kappa shape index (κ2) is 6.19. The van der Waals surface area contributed by atoms with Gasteiger partial charge in [-0.25, -0.2) is 4.98 Å². The van der Waals surface area contributed by atoms with E-state index in [-0.39, 0.29) is 6.04 Å². The number of halogens is 1. The number of rotatable bonds is 3. The predicted octanol–water partition coefficient (Wildman–Crippen LogP) is 2.81. The Balaban J connectivity index is 2.14. The van der Waals surface area contributed by atoms with E-state index in [1.807, 2.05) is 32.9 Å². The van der Waals surface area contributed by atoms with Gasteiger partial charge >= 0.3 is 0 Å². The highest BCUT2D eigenvalue weighted by Gasteiger charge is 2.06. The maximum atomic E-state index is 5.94. The molecule has 0 atom stereocenters. The Bertz CT molecular complexity index is 662. The van der Waals surface area contributed by atoms with Gasteiger partial charge in [0.15, 0.2) is 10.9 Å². The van der Waals surface area contributed by atoms with Crippen LogP contribution in [0.5, 0.6) is 0 Å². The van der Waals surface area contributed by atoms with Crippen LogP contribution in [-0.2, 0) is 0 Å². The molecule has 20 heavy (non-hydrogen) atoms. The van der Waals surface area contributed by atoms with Crippen molar-refractivity contribution in [3.63, 3.8) is 0 Å². The number of hydrogen-bond donors (Lipinski definition) is 3. The number of aromatic nitrogens is 2. The van der Waals surface area contributed by atoms with Crippen molar-refractivity contribution in [3.05, 3.63) is 29.0 Å². The molecule has 106 valence electrons. The molecule has 0 radical (unpaired) electrons. The molecule has 0 unspecified atom stereocenters. The molecule has 0 saturated heterocycles. The summed E-state index contributed by atoms with van der Waals surface area (Å²) < 4.78 is 0. The number of imidazole rings is 1. The minimum atomic E-state index is 0.263. The highest BCUT2D eigenvalue weighted by Crippen LogP contribution is 2.17. The molecule has 0 bridgehead atoms. The molecule has 2 rings (SSSR count). The lowest BCUT2D eigenvalue weighted by molar-refractivity contribution is 0.719. The summed E-state index contributed by atoms with van der Waals surface area (Å²) in [7, 11) is 0. The van der Waals surface area contributed by atoms with Crippen LogP contribution in [0.15, 0.2) is 23.3 Å². The maximum absolute atomic E-state index is 5.94. The van der Waals surface area contributed by atoms with E-state index >= 15 is 0 Å². The first-order chi connectivity index (χ1) is 9.45. The molecule has 0 aliphatic carbocycles. The van der Waals surface area contributed by atoms with Crippen molar-refractivity contribution < 1.29 is 0 Å². The van der Waals surface area contributed by atoms with Crippen LogP contribution in [0.3, 0.4) is 0 Å². The van der Waals surface area contributed by atoms with E-state index in [0.717, 1.165) is 11.0 Å². The Hall–Kier alpha value is -1.66. The summed E-state index contributed by atoms with van der Waals surface area (Å²) in [6.07, 6.45) is 0. The largest absolute Gasteiger partial charge is 0.359 e. The van der Waals surface area contributed by atoms with Gasteiger partial charge in [0.25, 0.3) is 0 Å². The Morgan fingerprint density at radius 1 is 1.45 bits per heavy atom. The molecule has 7 heteroatoms. The standard InChI is InChI=1S/C13H16ClN5S/c1-7(2)15-13(20)19-18-8(3)12-16-10-5-4-9(14)6-11(10)17-12/h4-7H,1-3H3,(H,16,17)(H2,15,19,20)/b18-8+. The molecule has 0 aliphatic rings. The number of thiocarbonyl (C=S) groups is 1.